The molecule has 0 aliphatic carbocycles. The molecule has 66 heavy (non-hydrogen) atoms. The van der Waals surface area contributed by atoms with Gasteiger partial charge in [-0.2, -0.15) is 0 Å². The molecule has 6 aromatic carbocycles. The van der Waals surface area contributed by atoms with E-state index in [4.69, 9.17) is 14.2 Å². The lowest BCUT2D eigenvalue weighted by atomic mass is 9.88. The summed E-state index contributed by atoms with van der Waals surface area (Å²) in [5, 5.41) is 13.4. The predicted octanol–water partition coefficient (Wildman–Crippen LogP) is 11.8. The number of methoxy groups -OCH3 is 3. The van der Waals surface area contributed by atoms with Gasteiger partial charge in [-0.15, -0.1) is 0 Å². The largest absolute Gasteiger partial charge is 0.496 e. The zero-order valence-electron chi connectivity index (χ0n) is 39.3. The van der Waals surface area contributed by atoms with Gasteiger partial charge in [0.2, 0.25) is 0 Å². The maximum absolute atomic E-state index is 5.58. The Hall–Kier alpha value is -6.78. The second-order valence-electron chi connectivity index (χ2n) is 16.4. The van der Waals surface area contributed by atoms with E-state index in [1.807, 2.05) is 57.5 Å². The molecule has 342 valence electrons. The smallest absolute Gasteiger partial charge is 0.128 e. The van der Waals surface area contributed by atoms with E-state index < -0.39 is 0 Å². The number of nitrogens with one attached hydrogen (secondary N) is 6. The fraction of sp³-hybridized carbons (Fsp3) is 0.263. The van der Waals surface area contributed by atoms with E-state index in [0.717, 1.165) is 72.7 Å². The van der Waals surface area contributed by atoms with Crippen LogP contribution >= 0.6 is 0 Å². The Morgan fingerprint density at radius 3 is 0.879 bits per heavy atom. The summed E-state index contributed by atoms with van der Waals surface area (Å²) in [4.78, 5) is 10.2. The molecule has 3 aromatic heterocycles. The zero-order valence-corrected chi connectivity index (χ0v) is 39.3. The van der Waals surface area contributed by atoms with Crippen molar-refractivity contribution in [2.75, 3.05) is 62.1 Å². The van der Waals surface area contributed by atoms with Crippen LogP contribution in [0.1, 0.15) is 70.4 Å². The average Bonchev–Trinajstić information content (AvgIpc) is 4.14. The van der Waals surface area contributed by atoms with Gasteiger partial charge in [0.05, 0.1) is 21.3 Å². The Kier molecular flexibility index (Phi) is 17.1. The van der Waals surface area contributed by atoms with E-state index >= 15 is 0 Å². The summed E-state index contributed by atoms with van der Waals surface area (Å²) < 4.78 is 16.7. The van der Waals surface area contributed by atoms with Gasteiger partial charge in [-0.1, -0.05) is 109 Å². The van der Waals surface area contributed by atoms with Gasteiger partial charge in [0.15, 0.2) is 0 Å². The Labute approximate surface area is 390 Å². The van der Waals surface area contributed by atoms with Crippen molar-refractivity contribution in [2.24, 2.45) is 0 Å². The lowest BCUT2D eigenvalue weighted by molar-refractivity contribution is 0.419. The molecular weight excluding hydrogens is 817 g/mol. The fourth-order valence-electron chi connectivity index (χ4n) is 9.29. The van der Waals surface area contributed by atoms with Crippen LogP contribution in [0.15, 0.2) is 164 Å². The number of benzene rings is 6. The van der Waals surface area contributed by atoms with Crippen LogP contribution in [0.2, 0.25) is 0 Å². The maximum Gasteiger partial charge on any atom is 0.128 e. The van der Waals surface area contributed by atoms with Gasteiger partial charge < -0.3 is 45.1 Å². The third-order valence-corrected chi connectivity index (χ3v) is 12.5. The molecule has 3 heterocycles. The van der Waals surface area contributed by atoms with Gasteiger partial charge in [0, 0.05) is 69.1 Å². The summed E-state index contributed by atoms with van der Waals surface area (Å²) in [6.45, 7) is 2.92. The number of H-pyrrole nitrogens is 3. The topological polar surface area (TPSA) is 111 Å². The quantitative estimate of drug-likeness (QED) is 0.0512. The minimum Gasteiger partial charge on any atom is -0.496 e. The maximum atomic E-state index is 5.58. The van der Waals surface area contributed by atoms with Crippen LogP contribution in [0.25, 0.3) is 32.7 Å². The van der Waals surface area contributed by atoms with Crippen molar-refractivity contribution in [2.45, 2.75) is 37.0 Å². The summed E-state index contributed by atoms with van der Waals surface area (Å²) >= 11 is 0. The van der Waals surface area contributed by atoms with Crippen LogP contribution in [0.4, 0.5) is 0 Å². The Bertz CT molecular complexity index is 2510. The Morgan fingerprint density at radius 2 is 0.636 bits per heavy atom. The molecule has 0 aliphatic rings. The molecule has 0 amide bonds. The monoisotopic (exact) mass is 883 g/mol. The third kappa shape index (κ3) is 11.0. The third-order valence-electron chi connectivity index (χ3n) is 12.5. The molecule has 0 saturated carbocycles. The first-order valence-electron chi connectivity index (χ1n) is 23.1. The van der Waals surface area contributed by atoms with Crippen LogP contribution in [0.5, 0.6) is 17.2 Å². The summed E-state index contributed by atoms with van der Waals surface area (Å²) in [7, 11) is 11.2. The van der Waals surface area contributed by atoms with E-state index in [9.17, 15) is 0 Å². The lowest BCUT2D eigenvalue weighted by Gasteiger charge is -2.18. The highest BCUT2D eigenvalue weighted by molar-refractivity contribution is 5.92. The summed E-state index contributed by atoms with van der Waals surface area (Å²) in [6, 6.07) is 50.5. The number of fused-ring (bicyclic) bond motifs is 3. The summed E-state index contributed by atoms with van der Waals surface area (Å²) in [5.74, 6) is 3.83. The predicted molar refractivity (Wildman–Crippen MR) is 275 cm³/mol. The highest BCUT2D eigenvalue weighted by Gasteiger charge is 2.22. The van der Waals surface area contributed by atoms with Crippen molar-refractivity contribution in [1.29, 1.82) is 0 Å². The summed E-state index contributed by atoms with van der Waals surface area (Å²) in [5.41, 5.74) is 11.3. The van der Waals surface area contributed by atoms with Crippen LogP contribution in [0, 0.1) is 0 Å². The van der Waals surface area contributed by atoms with Crippen molar-refractivity contribution < 1.29 is 14.2 Å². The number of rotatable bonds is 18. The number of aromatic nitrogens is 3. The molecule has 0 spiro atoms. The van der Waals surface area contributed by atoms with Crippen molar-refractivity contribution in [3.05, 3.63) is 198 Å². The SMILES string of the molecule is CNCCC(c1ccccc1)c1c[nH]c2cccc(OC)c12.CNCC[C@@H](c1ccccc1)c1c[nH]c2cccc(OC)c12.CNCC[C@H](c1ccccc1)c1c[nH]c2cccc(OC)c12. The number of hydrogen-bond acceptors (Lipinski definition) is 6. The van der Waals surface area contributed by atoms with Crippen molar-refractivity contribution in [1.82, 2.24) is 30.9 Å². The van der Waals surface area contributed by atoms with Crippen LogP contribution in [-0.2, 0) is 0 Å². The Balaban J connectivity index is 0.000000147. The minimum absolute atomic E-state index is 0.346. The van der Waals surface area contributed by atoms with E-state index in [-0.39, 0.29) is 0 Å². The van der Waals surface area contributed by atoms with E-state index in [0.29, 0.717) is 17.8 Å². The van der Waals surface area contributed by atoms with Gasteiger partial charge in [-0.25, -0.2) is 0 Å². The molecule has 6 N–H and O–H groups in total. The molecule has 0 fully saturated rings. The molecule has 9 heteroatoms. The molecule has 0 radical (unpaired) electrons. The van der Waals surface area contributed by atoms with Gasteiger partial charge in [0.1, 0.15) is 17.2 Å². The molecule has 9 nitrogen and oxygen atoms in total. The molecular formula is C57H66N6O3. The highest BCUT2D eigenvalue weighted by Crippen LogP contribution is 2.40. The van der Waals surface area contributed by atoms with Gasteiger partial charge in [-0.05, 0) is 130 Å². The minimum atomic E-state index is 0.346. The average molecular weight is 883 g/mol. The number of aromatic amines is 3. The van der Waals surface area contributed by atoms with E-state index in [2.05, 4.69) is 159 Å². The van der Waals surface area contributed by atoms with Crippen LogP contribution in [0.3, 0.4) is 0 Å². The van der Waals surface area contributed by atoms with Crippen molar-refractivity contribution >= 4 is 32.7 Å². The first-order chi connectivity index (χ1) is 32.5. The van der Waals surface area contributed by atoms with Gasteiger partial charge in [0.25, 0.3) is 0 Å². The second-order valence-corrected chi connectivity index (χ2v) is 16.4. The first-order valence-corrected chi connectivity index (χ1v) is 23.1. The van der Waals surface area contributed by atoms with Crippen molar-refractivity contribution in [3.63, 3.8) is 0 Å². The van der Waals surface area contributed by atoms with Gasteiger partial charge >= 0.3 is 0 Å². The molecule has 3 atom stereocenters. The van der Waals surface area contributed by atoms with Crippen molar-refractivity contribution in [3.8, 4) is 17.2 Å². The number of ether oxygens (including phenoxy) is 3. The fourth-order valence-corrected chi connectivity index (χ4v) is 9.29. The number of hydrogen-bond donors (Lipinski definition) is 6. The van der Waals surface area contributed by atoms with Gasteiger partial charge in [-0.3, -0.25) is 0 Å². The standard InChI is InChI=1S/3C19H22N2O/c3*1-20-12-11-15(14-7-4-3-5-8-14)16-13-21-17-9-6-10-18(22-2)19(16)17/h3*3-10,13,15,20-21H,11-12H2,1-2H3/t2*15-;/m10./s1. The molecule has 9 rings (SSSR count). The molecule has 0 saturated heterocycles. The second kappa shape index (κ2) is 23.9. The molecule has 1 unspecified atom stereocenters. The zero-order chi connectivity index (χ0) is 46.1. The highest BCUT2D eigenvalue weighted by atomic mass is 16.5. The van der Waals surface area contributed by atoms with Crippen LogP contribution in [-0.4, -0.2) is 77.1 Å². The normalized spacial score (nSPS) is 12.5. The lowest BCUT2D eigenvalue weighted by Crippen LogP contribution is -2.13. The Morgan fingerprint density at radius 1 is 0.364 bits per heavy atom. The molecule has 9 aromatic rings. The van der Waals surface area contributed by atoms with Crippen LogP contribution < -0.4 is 30.2 Å². The summed E-state index contributed by atoms with van der Waals surface area (Å²) in [6.07, 6.45) is 9.52. The molecule has 0 bridgehead atoms. The first kappa shape index (κ1) is 47.2. The molecule has 0 aliphatic heterocycles. The van der Waals surface area contributed by atoms with E-state index in [1.165, 1.54) is 49.5 Å². The van der Waals surface area contributed by atoms with E-state index in [1.54, 1.807) is 21.3 Å².